The van der Waals surface area contributed by atoms with Crippen molar-refractivity contribution in [3.63, 3.8) is 0 Å². The lowest BCUT2D eigenvalue weighted by atomic mass is 9.89. The summed E-state index contributed by atoms with van der Waals surface area (Å²) in [5, 5.41) is 4.12. The minimum absolute atomic E-state index is 0.106. The third kappa shape index (κ3) is 4.20. The van der Waals surface area contributed by atoms with E-state index < -0.39 is 0 Å². The van der Waals surface area contributed by atoms with E-state index in [2.05, 4.69) is 34.1 Å². The molecule has 0 amide bonds. The van der Waals surface area contributed by atoms with Crippen molar-refractivity contribution < 1.29 is 9.32 Å². The predicted octanol–water partition coefficient (Wildman–Crippen LogP) is 4.39. The molecule has 5 heteroatoms. The highest BCUT2D eigenvalue weighted by Gasteiger charge is 2.26. The van der Waals surface area contributed by atoms with Crippen LogP contribution in [-0.2, 0) is 13.0 Å². The Balaban J connectivity index is 1.32. The van der Waals surface area contributed by atoms with Gasteiger partial charge < -0.3 is 4.52 Å². The van der Waals surface area contributed by atoms with Gasteiger partial charge in [-0.2, -0.15) is 4.98 Å². The number of benzene rings is 2. The van der Waals surface area contributed by atoms with Crippen molar-refractivity contribution >= 4 is 5.78 Å². The van der Waals surface area contributed by atoms with Gasteiger partial charge in [0.05, 0.1) is 6.54 Å². The van der Waals surface area contributed by atoms with Crippen LogP contribution < -0.4 is 0 Å². The number of likely N-dealkylation sites (tertiary alicyclic amines) is 1. The molecule has 28 heavy (non-hydrogen) atoms. The van der Waals surface area contributed by atoms with Crippen molar-refractivity contribution in [2.24, 2.45) is 5.92 Å². The summed E-state index contributed by atoms with van der Waals surface area (Å²) in [7, 11) is 0. The Morgan fingerprint density at radius 1 is 1.07 bits per heavy atom. The Bertz CT molecular complexity index is 911. The number of piperidine rings is 1. The Morgan fingerprint density at radius 3 is 2.46 bits per heavy atom. The molecule has 1 saturated heterocycles. The zero-order valence-corrected chi connectivity index (χ0v) is 16.2. The number of nitrogens with zero attached hydrogens (tertiary/aromatic N) is 3. The highest BCUT2D eigenvalue weighted by molar-refractivity contribution is 5.97. The molecule has 0 N–H and O–H groups in total. The van der Waals surface area contributed by atoms with Gasteiger partial charge in [-0.15, -0.1) is 0 Å². The van der Waals surface area contributed by atoms with E-state index in [-0.39, 0.29) is 11.7 Å². The van der Waals surface area contributed by atoms with Crippen LogP contribution in [0.4, 0.5) is 0 Å². The average Bonchev–Trinajstić information content (AvgIpc) is 3.23. The second-order valence-electron chi connectivity index (χ2n) is 7.34. The topological polar surface area (TPSA) is 59.2 Å². The standard InChI is InChI=1S/C23H25N3O2/c1-2-17-8-10-20(11-9-17)23-24-21(28-25-23)16-26-14-12-19(13-15-26)22(27)18-6-4-3-5-7-18/h3-11,19H,2,12-16H2,1H3. The van der Waals surface area contributed by atoms with Crippen LogP contribution in [0.2, 0.25) is 0 Å². The summed E-state index contributed by atoms with van der Waals surface area (Å²) in [6, 6.07) is 17.9. The molecule has 5 nitrogen and oxygen atoms in total. The van der Waals surface area contributed by atoms with Crippen molar-refractivity contribution in [3.05, 3.63) is 71.6 Å². The van der Waals surface area contributed by atoms with Gasteiger partial charge in [0.2, 0.25) is 11.7 Å². The quantitative estimate of drug-likeness (QED) is 0.598. The van der Waals surface area contributed by atoms with Crippen molar-refractivity contribution in [2.75, 3.05) is 13.1 Å². The number of aryl methyl sites for hydroxylation is 1. The molecule has 0 unspecified atom stereocenters. The number of rotatable bonds is 6. The van der Waals surface area contributed by atoms with Crippen LogP contribution in [-0.4, -0.2) is 33.9 Å². The molecule has 2 aromatic carbocycles. The van der Waals surface area contributed by atoms with Crippen LogP contribution in [0.15, 0.2) is 59.1 Å². The van der Waals surface area contributed by atoms with Crippen molar-refractivity contribution in [2.45, 2.75) is 32.7 Å². The highest BCUT2D eigenvalue weighted by atomic mass is 16.5. The molecular weight excluding hydrogens is 350 g/mol. The first kappa shape index (κ1) is 18.6. The average molecular weight is 375 g/mol. The summed E-state index contributed by atoms with van der Waals surface area (Å²) < 4.78 is 5.45. The van der Waals surface area contributed by atoms with Crippen LogP contribution in [0.3, 0.4) is 0 Å². The lowest BCUT2D eigenvalue weighted by Gasteiger charge is -2.30. The first-order valence-electron chi connectivity index (χ1n) is 9.96. The SMILES string of the molecule is CCc1ccc(-c2noc(CN3CCC(C(=O)c4ccccc4)CC3)n2)cc1. The number of aromatic nitrogens is 2. The van der Waals surface area contributed by atoms with E-state index in [1.807, 2.05) is 42.5 Å². The van der Waals surface area contributed by atoms with E-state index in [9.17, 15) is 4.79 Å². The summed E-state index contributed by atoms with van der Waals surface area (Å²) in [6.07, 6.45) is 2.75. The maximum absolute atomic E-state index is 12.6. The molecule has 0 atom stereocenters. The number of carbonyl (C=O) groups is 1. The summed E-state index contributed by atoms with van der Waals surface area (Å²) in [6.45, 7) is 4.50. The molecule has 4 rings (SSSR count). The number of Topliss-reactive ketones (excluding diaryl/α,β-unsaturated/α-hetero) is 1. The molecule has 0 saturated carbocycles. The van der Waals surface area contributed by atoms with Gasteiger partial charge in [0, 0.05) is 17.0 Å². The Labute approximate surface area is 165 Å². The number of hydrogen-bond donors (Lipinski definition) is 0. The number of hydrogen-bond acceptors (Lipinski definition) is 5. The second-order valence-corrected chi connectivity index (χ2v) is 7.34. The molecule has 1 aliphatic heterocycles. The van der Waals surface area contributed by atoms with Gasteiger partial charge in [0.1, 0.15) is 0 Å². The maximum Gasteiger partial charge on any atom is 0.241 e. The van der Waals surface area contributed by atoms with Gasteiger partial charge in [0.15, 0.2) is 5.78 Å². The fourth-order valence-corrected chi connectivity index (χ4v) is 3.71. The van der Waals surface area contributed by atoms with Gasteiger partial charge in [-0.05, 0) is 37.9 Å². The zero-order valence-electron chi connectivity index (χ0n) is 16.2. The van der Waals surface area contributed by atoms with Crippen molar-refractivity contribution in [1.29, 1.82) is 0 Å². The first-order chi connectivity index (χ1) is 13.7. The van der Waals surface area contributed by atoms with Crippen LogP contribution in [0, 0.1) is 5.92 Å². The summed E-state index contributed by atoms with van der Waals surface area (Å²) in [5.74, 6) is 1.62. The van der Waals surface area contributed by atoms with Crippen molar-refractivity contribution in [3.8, 4) is 11.4 Å². The third-order valence-corrected chi connectivity index (χ3v) is 5.46. The van der Waals surface area contributed by atoms with E-state index in [4.69, 9.17) is 4.52 Å². The summed E-state index contributed by atoms with van der Waals surface area (Å²) in [4.78, 5) is 19.4. The smallest absolute Gasteiger partial charge is 0.241 e. The van der Waals surface area contributed by atoms with Gasteiger partial charge in [0.25, 0.3) is 0 Å². The lowest BCUT2D eigenvalue weighted by Crippen LogP contribution is -2.36. The monoisotopic (exact) mass is 375 g/mol. The normalized spacial score (nSPS) is 15.6. The number of ketones is 1. The molecule has 0 spiro atoms. The number of carbonyl (C=O) groups excluding carboxylic acids is 1. The van der Waals surface area contributed by atoms with E-state index >= 15 is 0 Å². The third-order valence-electron chi connectivity index (χ3n) is 5.46. The van der Waals surface area contributed by atoms with Crippen LogP contribution in [0.25, 0.3) is 11.4 Å². The van der Waals surface area contributed by atoms with E-state index in [1.54, 1.807) is 0 Å². The Hall–Kier alpha value is -2.79. The second kappa shape index (κ2) is 8.48. The van der Waals surface area contributed by atoms with Gasteiger partial charge in [-0.25, -0.2) is 0 Å². The van der Waals surface area contributed by atoms with E-state index in [0.717, 1.165) is 43.5 Å². The molecule has 3 aromatic rings. The summed E-state index contributed by atoms with van der Waals surface area (Å²) >= 11 is 0. The Morgan fingerprint density at radius 2 is 1.79 bits per heavy atom. The molecule has 144 valence electrons. The minimum atomic E-state index is 0.106. The molecule has 0 bridgehead atoms. The molecule has 2 heterocycles. The fraction of sp³-hybridized carbons (Fsp3) is 0.348. The van der Waals surface area contributed by atoms with Gasteiger partial charge in [-0.3, -0.25) is 9.69 Å². The molecule has 1 aromatic heterocycles. The summed E-state index contributed by atoms with van der Waals surface area (Å²) in [5.41, 5.74) is 3.08. The van der Waals surface area contributed by atoms with E-state index in [0.29, 0.717) is 18.3 Å². The molecule has 0 aliphatic carbocycles. The highest BCUT2D eigenvalue weighted by Crippen LogP contribution is 2.23. The predicted molar refractivity (Wildman–Crippen MR) is 108 cm³/mol. The molecule has 1 aliphatic rings. The van der Waals surface area contributed by atoms with Gasteiger partial charge >= 0.3 is 0 Å². The Kier molecular flexibility index (Phi) is 5.63. The van der Waals surface area contributed by atoms with Crippen LogP contribution in [0.5, 0.6) is 0 Å². The first-order valence-corrected chi connectivity index (χ1v) is 9.96. The van der Waals surface area contributed by atoms with Crippen molar-refractivity contribution in [1.82, 2.24) is 15.0 Å². The lowest BCUT2D eigenvalue weighted by molar-refractivity contribution is 0.0825. The molecule has 1 fully saturated rings. The van der Waals surface area contributed by atoms with Crippen LogP contribution >= 0.6 is 0 Å². The molecular formula is C23H25N3O2. The maximum atomic E-state index is 12.6. The minimum Gasteiger partial charge on any atom is -0.338 e. The van der Waals surface area contributed by atoms with Crippen LogP contribution in [0.1, 0.15) is 41.6 Å². The largest absolute Gasteiger partial charge is 0.338 e. The molecule has 0 radical (unpaired) electrons. The fourth-order valence-electron chi connectivity index (χ4n) is 3.71. The van der Waals surface area contributed by atoms with E-state index in [1.165, 1.54) is 5.56 Å². The van der Waals surface area contributed by atoms with Gasteiger partial charge in [-0.1, -0.05) is 66.7 Å². The zero-order chi connectivity index (χ0) is 19.3.